The van der Waals surface area contributed by atoms with Crippen molar-refractivity contribution in [3.8, 4) is 6.07 Å². The largest absolute Gasteiger partial charge is 0.315 e. The fourth-order valence-electron chi connectivity index (χ4n) is 2.97. The van der Waals surface area contributed by atoms with Crippen LogP contribution in [0.1, 0.15) is 42.9 Å². The van der Waals surface area contributed by atoms with E-state index in [9.17, 15) is 0 Å². The summed E-state index contributed by atoms with van der Waals surface area (Å²) in [4.78, 5) is 2.60. The molecule has 3 heteroatoms. The first kappa shape index (κ1) is 15.0. The summed E-state index contributed by atoms with van der Waals surface area (Å²) in [5.41, 5.74) is 3.35. The van der Waals surface area contributed by atoms with E-state index in [2.05, 4.69) is 36.2 Å². The number of nitriles is 1. The van der Waals surface area contributed by atoms with Crippen molar-refractivity contribution >= 4 is 0 Å². The number of likely N-dealkylation sites (tertiary alicyclic amines) is 1. The normalized spacial score (nSPS) is 19.8. The van der Waals surface area contributed by atoms with Crippen molar-refractivity contribution < 1.29 is 0 Å². The number of likely N-dealkylation sites (N-methyl/N-ethyl adjacent to an activating group) is 1. The molecule has 1 atom stereocenters. The van der Waals surface area contributed by atoms with Crippen molar-refractivity contribution in [3.63, 3.8) is 0 Å². The Bertz CT molecular complexity index is 476. The average Bonchev–Trinajstić information content (AvgIpc) is 2.48. The molecule has 3 nitrogen and oxygen atoms in total. The van der Waals surface area contributed by atoms with Crippen molar-refractivity contribution in [1.29, 1.82) is 5.26 Å². The third kappa shape index (κ3) is 3.82. The zero-order chi connectivity index (χ0) is 14.4. The minimum Gasteiger partial charge on any atom is -0.315 e. The Morgan fingerprint density at radius 2 is 2.25 bits per heavy atom. The van der Waals surface area contributed by atoms with Crippen LogP contribution in [0.15, 0.2) is 18.2 Å². The average molecular weight is 271 g/mol. The Kier molecular flexibility index (Phi) is 5.58. The van der Waals surface area contributed by atoms with E-state index in [0.29, 0.717) is 6.04 Å². The van der Waals surface area contributed by atoms with Gasteiger partial charge in [0.15, 0.2) is 0 Å². The van der Waals surface area contributed by atoms with Crippen LogP contribution in [0.25, 0.3) is 0 Å². The molecule has 0 radical (unpaired) electrons. The summed E-state index contributed by atoms with van der Waals surface area (Å²) in [5.74, 6) is 0. The van der Waals surface area contributed by atoms with Crippen LogP contribution in [0.4, 0.5) is 0 Å². The predicted molar refractivity (Wildman–Crippen MR) is 82.5 cm³/mol. The lowest BCUT2D eigenvalue weighted by molar-refractivity contribution is 0.138. The minimum absolute atomic E-state index is 0.652. The van der Waals surface area contributed by atoms with E-state index >= 15 is 0 Å². The second-order valence-corrected chi connectivity index (χ2v) is 5.68. The van der Waals surface area contributed by atoms with Crippen LogP contribution in [-0.2, 0) is 6.54 Å². The number of aryl methyl sites for hydroxylation is 1. The van der Waals surface area contributed by atoms with Crippen molar-refractivity contribution in [2.45, 2.75) is 45.7 Å². The molecule has 0 saturated carbocycles. The van der Waals surface area contributed by atoms with Gasteiger partial charge in [-0.3, -0.25) is 4.90 Å². The molecule has 0 amide bonds. The lowest BCUT2D eigenvalue weighted by Gasteiger charge is -2.36. The van der Waals surface area contributed by atoms with Crippen LogP contribution in [-0.4, -0.2) is 30.6 Å². The molecule has 0 bridgehead atoms. The molecule has 1 fully saturated rings. The van der Waals surface area contributed by atoms with E-state index in [-0.39, 0.29) is 0 Å². The van der Waals surface area contributed by atoms with Gasteiger partial charge in [-0.2, -0.15) is 5.26 Å². The van der Waals surface area contributed by atoms with Gasteiger partial charge >= 0.3 is 0 Å². The van der Waals surface area contributed by atoms with Crippen LogP contribution >= 0.6 is 0 Å². The molecule has 2 rings (SSSR count). The number of hydrogen-bond acceptors (Lipinski definition) is 3. The maximum Gasteiger partial charge on any atom is 0.0991 e. The highest BCUT2D eigenvalue weighted by Crippen LogP contribution is 2.21. The SMILES string of the molecule is CCNCC1CCCCN1Cc1ccc(C#N)cc1C. The van der Waals surface area contributed by atoms with Gasteiger partial charge in [-0.1, -0.05) is 19.4 Å². The summed E-state index contributed by atoms with van der Waals surface area (Å²) in [6, 6.07) is 8.92. The van der Waals surface area contributed by atoms with Gasteiger partial charge in [0.25, 0.3) is 0 Å². The first-order chi connectivity index (χ1) is 9.74. The maximum absolute atomic E-state index is 8.94. The fraction of sp³-hybridized carbons (Fsp3) is 0.588. The summed E-state index contributed by atoms with van der Waals surface area (Å²) < 4.78 is 0. The Labute approximate surface area is 122 Å². The second kappa shape index (κ2) is 7.42. The topological polar surface area (TPSA) is 39.1 Å². The minimum atomic E-state index is 0.652. The third-order valence-electron chi connectivity index (χ3n) is 4.22. The first-order valence-electron chi connectivity index (χ1n) is 7.69. The van der Waals surface area contributed by atoms with Gasteiger partial charge in [0.05, 0.1) is 11.6 Å². The Balaban J connectivity index is 2.04. The van der Waals surface area contributed by atoms with Crippen LogP contribution in [0.5, 0.6) is 0 Å². The van der Waals surface area contributed by atoms with E-state index in [4.69, 9.17) is 5.26 Å². The molecule has 1 N–H and O–H groups in total. The molecule has 108 valence electrons. The lowest BCUT2D eigenvalue weighted by atomic mass is 9.99. The quantitative estimate of drug-likeness (QED) is 0.895. The third-order valence-corrected chi connectivity index (χ3v) is 4.22. The highest BCUT2D eigenvalue weighted by molar-refractivity contribution is 5.37. The van der Waals surface area contributed by atoms with Gasteiger partial charge in [0, 0.05) is 19.1 Å². The Morgan fingerprint density at radius 1 is 1.40 bits per heavy atom. The molecular formula is C17H25N3. The van der Waals surface area contributed by atoms with Gasteiger partial charge in [0.1, 0.15) is 0 Å². The van der Waals surface area contributed by atoms with Gasteiger partial charge < -0.3 is 5.32 Å². The molecule has 1 saturated heterocycles. The van der Waals surface area contributed by atoms with E-state index in [1.54, 1.807) is 0 Å². The monoisotopic (exact) mass is 271 g/mol. The molecule has 1 unspecified atom stereocenters. The highest BCUT2D eigenvalue weighted by Gasteiger charge is 2.22. The molecule has 20 heavy (non-hydrogen) atoms. The van der Waals surface area contributed by atoms with E-state index in [1.165, 1.54) is 36.9 Å². The molecular weight excluding hydrogens is 246 g/mol. The highest BCUT2D eigenvalue weighted by atomic mass is 15.2. The molecule has 1 aromatic rings. The molecule has 1 aliphatic heterocycles. The standard InChI is InChI=1S/C17H25N3/c1-3-19-12-17-6-4-5-9-20(17)13-16-8-7-15(11-18)10-14(16)2/h7-8,10,17,19H,3-6,9,12-13H2,1-2H3. The van der Waals surface area contributed by atoms with Crippen LogP contribution < -0.4 is 5.32 Å². The van der Waals surface area contributed by atoms with Crippen molar-refractivity contribution in [2.75, 3.05) is 19.6 Å². The maximum atomic E-state index is 8.94. The Morgan fingerprint density at radius 3 is 2.95 bits per heavy atom. The van der Waals surface area contributed by atoms with Crippen LogP contribution in [0, 0.1) is 18.3 Å². The van der Waals surface area contributed by atoms with Crippen molar-refractivity contribution in [2.24, 2.45) is 0 Å². The lowest BCUT2D eigenvalue weighted by Crippen LogP contribution is -2.45. The van der Waals surface area contributed by atoms with Gasteiger partial charge in [-0.15, -0.1) is 0 Å². The number of nitrogens with one attached hydrogen (secondary N) is 1. The predicted octanol–water partition coefficient (Wildman–Crippen LogP) is 2.83. The smallest absolute Gasteiger partial charge is 0.0991 e. The van der Waals surface area contributed by atoms with Crippen LogP contribution in [0.3, 0.4) is 0 Å². The summed E-state index contributed by atoms with van der Waals surface area (Å²) in [6.45, 7) is 8.60. The second-order valence-electron chi connectivity index (χ2n) is 5.68. The van der Waals surface area contributed by atoms with E-state index < -0.39 is 0 Å². The Hall–Kier alpha value is -1.37. The zero-order valence-corrected chi connectivity index (χ0v) is 12.7. The number of hydrogen-bond donors (Lipinski definition) is 1. The molecule has 0 aliphatic carbocycles. The van der Waals surface area contributed by atoms with Crippen LogP contribution in [0.2, 0.25) is 0 Å². The number of rotatable bonds is 5. The van der Waals surface area contributed by atoms with Gasteiger partial charge in [-0.05, 0) is 56.1 Å². The van der Waals surface area contributed by atoms with Gasteiger partial charge in [-0.25, -0.2) is 0 Å². The molecule has 1 heterocycles. The van der Waals surface area contributed by atoms with Crippen molar-refractivity contribution in [1.82, 2.24) is 10.2 Å². The first-order valence-corrected chi connectivity index (χ1v) is 7.69. The van der Waals surface area contributed by atoms with Gasteiger partial charge in [0.2, 0.25) is 0 Å². The van der Waals surface area contributed by atoms with E-state index in [1.807, 2.05) is 12.1 Å². The number of piperidine rings is 1. The summed E-state index contributed by atoms with van der Waals surface area (Å²) in [7, 11) is 0. The zero-order valence-electron chi connectivity index (χ0n) is 12.7. The summed E-state index contributed by atoms with van der Waals surface area (Å²) in [5, 5.41) is 12.4. The summed E-state index contributed by atoms with van der Waals surface area (Å²) in [6.07, 6.45) is 3.94. The number of benzene rings is 1. The molecule has 0 aromatic heterocycles. The number of nitrogens with zero attached hydrogens (tertiary/aromatic N) is 2. The molecule has 1 aromatic carbocycles. The van der Waals surface area contributed by atoms with E-state index in [0.717, 1.165) is 25.2 Å². The fourth-order valence-corrected chi connectivity index (χ4v) is 2.97. The molecule has 1 aliphatic rings. The van der Waals surface area contributed by atoms with Crippen molar-refractivity contribution in [3.05, 3.63) is 34.9 Å². The summed E-state index contributed by atoms with van der Waals surface area (Å²) >= 11 is 0. The molecule has 0 spiro atoms.